The topological polar surface area (TPSA) is 103 Å². The predicted molar refractivity (Wildman–Crippen MR) is 128 cm³/mol. The predicted octanol–water partition coefficient (Wildman–Crippen LogP) is 1.87. The van der Waals surface area contributed by atoms with Crippen molar-refractivity contribution in [1.82, 2.24) is 14.2 Å². The molecule has 3 heterocycles. The molecule has 0 saturated carbocycles. The van der Waals surface area contributed by atoms with Crippen molar-refractivity contribution in [3.63, 3.8) is 0 Å². The van der Waals surface area contributed by atoms with Crippen LogP contribution >= 0.6 is 11.8 Å². The summed E-state index contributed by atoms with van der Waals surface area (Å²) in [7, 11) is -1.61. The highest BCUT2D eigenvalue weighted by Crippen LogP contribution is 2.32. The van der Waals surface area contributed by atoms with E-state index in [-0.39, 0.29) is 34.9 Å². The van der Waals surface area contributed by atoms with Gasteiger partial charge in [0.05, 0.1) is 22.2 Å². The molecule has 9 nitrogen and oxygen atoms in total. The summed E-state index contributed by atoms with van der Waals surface area (Å²) in [4.78, 5) is 33.4. The third-order valence-corrected chi connectivity index (χ3v) is 8.59. The van der Waals surface area contributed by atoms with E-state index in [2.05, 4.69) is 15.2 Å². The molecule has 2 aliphatic rings. The van der Waals surface area contributed by atoms with Gasteiger partial charge in [0.1, 0.15) is 4.90 Å². The molecule has 1 atom stereocenters. The molecule has 1 aromatic heterocycles. The fraction of sp³-hybridized carbons (Fsp3) is 0.409. The number of thioether (sulfide) groups is 1. The minimum Gasteiger partial charge on any atom is -0.324 e. The molecule has 33 heavy (non-hydrogen) atoms. The highest BCUT2D eigenvalue weighted by atomic mass is 32.2. The number of para-hydroxylation sites is 2. The first kappa shape index (κ1) is 23.7. The molecule has 4 rings (SSSR count). The molecule has 0 radical (unpaired) electrons. The second kappa shape index (κ2) is 9.80. The lowest BCUT2D eigenvalue weighted by Crippen LogP contribution is -2.47. The molecule has 1 fully saturated rings. The summed E-state index contributed by atoms with van der Waals surface area (Å²) in [5, 5.41) is 3.41. The summed E-state index contributed by atoms with van der Waals surface area (Å²) in [6, 6.07) is 10.1. The second-order valence-corrected chi connectivity index (χ2v) is 11.1. The lowest BCUT2D eigenvalue weighted by molar-refractivity contribution is -0.117. The number of benzene rings is 1. The molecule has 11 heteroatoms. The first-order valence-electron chi connectivity index (χ1n) is 10.7. The van der Waals surface area contributed by atoms with Crippen molar-refractivity contribution >= 4 is 45.0 Å². The zero-order valence-electron chi connectivity index (χ0n) is 18.6. The molecular weight excluding hydrogens is 462 g/mol. The maximum absolute atomic E-state index is 13.1. The van der Waals surface area contributed by atoms with Crippen LogP contribution in [0.4, 0.5) is 11.4 Å². The smallest absolute Gasteiger partial charge is 0.244 e. The van der Waals surface area contributed by atoms with Gasteiger partial charge in [-0.3, -0.25) is 9.59 Å². The Morgan fingerprint density at radius 1 is 1.15 bits per heavy atom. The van der Waals surface area contributed by atoms with Gasteiger partial charge in [0.2, 0.25) is 21.8 Å². The van der Waals surface area contributed by atoms with E-state index in [1.807, 2.05) is 32.2 Å². The number of anilines is 2. The monoisotopic (exact) mass is 489 g/mol. The van der Waals surface area contributed by atoms with Gasteiger partial charge in [0.15, 0.2) is 0 Å². The van der Waals surface area contributed by atoms with Gasteiger partial charge in [-0.2, -0.15) is 4.31 Å². The molecule has 0 unspecified atom stereocenters. The van der Waals surface area contributed by atoms with Crippen LogP contribution in [0.15, 0.2) is 52.5 Å². The Labute approximate surface area is 198 Å². The number of sulfonamides is 1. The van der Waals surface area contributed by atoms with E-state index < -0.39 is 10.0 Å². The summed E-state index contributed by atoms with van der Waals surface area (Å²) in [5.41, 5.74) is 1.28. The van der Waals surface area contributed by atoms with E-state index in [1.165, 1.54) is 22.3 Å². The fourth-order valence-electron chi connectivity index (χ4n) is 3.96. The van der Waals surface area contributed by atoms with Crippen molar-refractivity contribution in [2.75, 3.05) is 49.2 Å². The molecule has 0 spiro atoms. The van der Waals surface area contributed by atoms with Crippen molar-refractivity contribution in [3.8, 4) is 0 Å². The number of carbonyl (C=O) groups excluding carboxylic acids is 2. The number of rotatable bonds is 5. The van der Waals surface area contributed by atoms with E-state index in [0.29, 0.717) is 42.6 Å². The number of fused-ring (bicyclic) bond motifs is 1. The van der Waals surface area contributed by atoms with Gasteiger partial charge in [-0.15, -0.1) is 0 Å². The largest absolute Gasteiger partial charge is 0.324 e. The Hall–Kier alpha value is -2.47. The van der Waals surface area contributed by atoms with Crippen molar-refractivity contribution in [2.45, 2.75) is 29.3 Å². The standard InChI is InChI=1S/C22H27N5O4S2/c1-16-13-20(28)24-18-5-3-4-6-19(18)27(16)22(29)15-32-21-8-7-17(14-23-21)33(30,31)26-11-9-25(2)10-12-26/h3-8,14,16H,9-13,15H2,1-2H3,(H,24,28)/t16-/m1/s1. The maximum atomic E-state index is 13.1. The van der Waals surface area contributed by atoms with Crippen molar-refractivity contribution in [1.29, 1.82) is 0 Å². The van der Waals surface area contributed by atoms with Gasteiger partial charge >= 0.3 is 0 Å². The number of nitrogens with zero attached hydrogens (tertiary/aromatic N) is 4. The molecule has 1 saturated heterocycles. The number of hydrogen-bond donors (Lipinski definition) is 1. The van der Waals surface area contributed by atoms with E-state index in [9.17, 15) is 18.0 Å². The lowest BCUT2D eigenvalue weighted by atomic mass is 10.2. The Morgan fingerprint density at radius 3 is 2.58 bits per heavy atom. The van der Waals surface area contributed by atoms with Crippen molar-refractivity contribution in [2.24, 2.45) is 0 Å². The zero-order valence-corrected chi connectivity index (χ0v) is 20.2. The van der Waals surface area contributed by atoms with Crippen LogP contribution in [0.25, 0.3) is 0 Å². The molecule has 2 aliphatic heterocycles. The third-order valence-electron chi connectivity index (χ3n) is 5.78. The quantitative estimate of drug-likeness (QED) is 0.640. The van der Waals surface area contributed by atoms with Crippen LogP contribution in [0.5, 0.6) is 0 Å². The molecule has 1 N–H and O–H groups in total. The summed E-state index contributed by atoms with van der Waals surface area (Å²) >= 11 is 1.24. The molecule has 0 aliphatic carbocycles. The number of nitrogens with one attached hydrogen (secondary N) is 1. The summed E-state index contributed by atoms with van der Waals surface area (Å²) in [6.07, 6.45) is 1.56. The minimum atomic E-state index is -3.58. The van der Waals surface area contributed by atoms with Crippen LogP contribution in [0, 0.1) is 0 Å². The average molecular weight is 490 g/mol. The molecule has 1 aromatic carbocycles. The Morgan fingerprint density at radius 2 is 1.88 bits per heavy atom. The summed E-state index contributed by atoms with van der Waals surface area (Å²) < 4.78 is 27.2. The molecule has 2 amide bonds. The van der Waals surface area contributed by atoms with Crippen molar-refractivity contribution < 1.29 is 18.0 Å². The Kier molecular flexibility index (Phi) is 7.03. The van der Waals surface area contributed by atoms with Gasteiger partial charge in [-0.1, -0.05) is 23.9 Å². The van der Waals surface area contributed by atoms with Crippen LogP contribution in [0.2, 0.25) is 0 Å². The SMILES string of the molecule is C[C@@H]1CC(=O)Nc2ccccc2N1C(=O)CSc1ccc(S(=O)(=O)N2CCN(C)CC2)cn1. The molecular formula is C22H27N5O4S2. The fourth-order valence-corrected chi connectivity index (χ4v) is 6.03. The first-order valence-corrected chi connectivity index (χ1v) is 13.2. The third kappa shape index (κ3) is 5.21. The number of pyridine rings is 1. The number of aromatic nitrogens is 1. The highest BCUT2D eigenvalue weighted by molar-refractivity contribution is 7.99. The second-order valence-electron chi connectivity index (χ2n) is 8.21. The van der Waals surface area contributed by atoms with Crippen molar-refractivity contribution in [3.05, 3.63) is 42.6 Å². The zero-order chi connectivity index (χ0) is 23.6. The Bertz CT molecular complexity index is 1130. The number of piperazine rings is 1. The molecule has 0 bridgehead atoms. The average Bonchev–Trinajstić information content (AvgIpc) is 2.92. The van der Waals surface area contributed by atoms with E-state index in [0.717, 1.165) is 0 Å². The maximum Gasteiger partial charge on any atom is 0.244 e. The normalized spacial score (nSPS) is 20.1. The van der Waals surface area contributed by atoms with Gasteiger partial charge in [-0.25, -0.2) is 13.4 Å². The highest BCUT2D eigenvalue weighted by Gasteiger charge is 2.30. The summed E-state index contributed by atoms with van der Waals surface area (Å²) in [6.45, 7) is 4.15. The van der Waals surface area contributed by atoms with Crippen LogP contribution in [-0.2, 0) is 19.6 Å². The molecule has 176 valence electrons. The summed E-state index contributed by atoms with van der Waals surface area (Å²) in [5.74, 6) is -0.158. The minimum absolute atomic E-state index is 0.115. The first-order chi connectivity index (χ1) is 15.8. The number of amides is 2. The van der Waals surface area contributed by atoms with Gasteiger partial charge < -0.3 is 15.1 Å². The number of hydrogen-bond acceptors (Lipinski definition) is 7. The van der Waals surface area contributed by atoms with E-state index in [1.54, 1.807) is 23.1 Å². The van der Waals surface area contributed by atoms with Gasteiger partial charge in [0.25, 0.3) is 0 Å². The van der Waals surface area contributed by atoms with Crippen LogP contribution < -0.4 is 10.2 Å². The van der Waals surface area contributed by atoms with Gasteiger partial charge in [0, 0.05) is 44.8 Å². The lowest BCUT2D eigenvalue weighted by Gasteiger charge is -2.31. The van der Waals surface area contributed by atoms with Crippen LogP contribution in [0.3, 0.4) is 0 Å². The van der Waals surface area contributed by atoms with Crippen LogP contribution in [0.1, 0.15) is 13.3 Å². The van der Waals surface area contributed by atoms with Crippen LogP contribution in [-0.4, -0.2) is 79.4 Å². The number of carbonyl (C=O) groups is 2. The van der Waals surface area contributed by atoms with E-state index in [4.69, 9.17) is 0 Å². The Balaban J connectivity index is 1.43. The number of likely N-dealkylation sites (N-methyl/N-ethyl adjacent to an activating group) is 1. The van der Waals surface area contributed by atoms with E-state index >= 15 is 0 Å². The van der Waals surface area contributed by atoms with Gasteiger partial charge in [-0.05, 0) is 38.2 Å². The molecule has 2 aromatic rings.